The largest absolute Gasteiger partial charge is 0.354 e. The van der Waals surface area contributed by atoms with E-state index in [1.165, 1.54) is 6.92 Å². The number of fused-ring (bicyclic) bond motifs is 2. The van der Waals surface area contributed by atoms with E-state index in [0.717, 1.165) is 58.6 Å². The zero-order chi connectivity index (χ0) is 29.5. The summed E-state index contributed by atoms with van der Waals surface area (Å²) in [5.74, 6) is -0.499. The molecule has 42 heavy (non-hydrogen) atoms. The van der Waals surface area contributed by atoms with Crippen LogP contribution in [0.3, 0.4) is 0 Å². The number of hydrogen-bond acceptors (Lipinski definition) is 4. The number of amides is 3. The van der Waals surface area contributed by atoms with E-state index in [0.29, 0.717) is 19.4 Å². The Bertz CT molecular complexity index is 1560. The number of rotatable bonds is 10. The number of likely N-dealkylation sites (N-methyl/N-ethyl adjacent to an activating group) is 1. The third-order valence-electron chi connectivity index (χ3n) is 8.35. The molecule has 0 radical (unpaired) electrons. The zero-order valence-electron chi connectivity index (χ0n) is 24.4. The second-order valence-corrected chi connectivity index (χ2v) is 11.4. The molecule has 1 aliphatic rings. The van der Waals surface area contributed by atoms with Crippen LogP contribution in [0.5, 0.6) is 0 Å². The number of piperidine rings is 1. The topological polar surface area (TPSA) is 90.5 Å². The maximum Gasteiger partial charge on any atom is 0.245 e. The number of nitrogens with zero attached hydrogens (tertiary/aromatic N) is 1. The molecule has 0 aromatic heterocycles. The first-order valence-corrected chi connectivity index (χ1v) is 14.8. The Hall–Kier alpha value is -4.23. The molecule has 7 heteroatoms. The van der Waals surface area contributed by atoms with Crippen LogP contribution in [-0.2, 0) is 27.2 Å². The van der Waals surface area contributed by atoms with Crippen LogP contribution in [0.1, 0.15) is 30.9 Å². The number of hydrogen-bond donors (Lipinski definition) is 3. The molecule has 7 nitrogen and oxygen atoms in total. The van der Waals surface area contributed by atoms with E-state index in [2.05, 4.69) is 70.5 Å². The molecule has 4 aromatic carbocycles. The van der Waals surface area contributed by atoms with Gasteiger partial charge < -0.3 is 20.9 Å². The summed E-state index contributed by atoms with van der Waals surface area (Å²) in [5, 5.41) is 13.9. The third kappa shape index (κ3) is 7.34. The minimum absolute atomic E-state index is 0.0722. The monoisotopic (exact) mass is 564 g/mol. The molecule has 1 heterocycles. The van der Waals surface area contributed by atoms with Crippen LogP contribution in [0, 0.1) is 5.92 Å². The summed E-state index contributed by atoms with van der Waals surface area (Å²) in [6.45, 7) is 3.39. The molecule has 2 atom stereocenters. The van der Waals surface area contributed by atoms with Gasteiger partial charge in [0.05, 0.1) is 6.04 Å². The molecular weight excluding hydrogens is 524 g/mol. The minimum Gasteiger partial charge on any atom is -0.354 e. The lowest BCUT2D eigenvalue weighted by molar-refractivity contribution is -0.138. The smallest absolute Gasteiger partial charge is 0.245 e. The molecule has 0 bridgehead atoms. The van der Waals surface area contributed by atoms with Gasteiger partial charge in [-0.15, -0.1) is 0 Å². The van der Waals surface area contributed by atoms with Gasteiger partial charge in [0, 0.05) is 32.9 Å². The van der Waals surface area contributed by atoms with Crippen molar-refractivity contribution < 1.29 is 14.4 Å². The van der Waals surface area contributed by atoms with E-state index in [1.54, 1.807) is 11.9 Å². The van der Waals surface area contributed by atoms with Crippen molar-refractivity contribution in [3.05, 3.63) is 96.1 Å². The van der Waals surface area contributed by atoms with E-state index in [1.807, 2.05) is 30.3 Å². The van der Waals surface area contributed by atoms with E-state index in [9.17, 15) is 14.4 Å². The molecule has 0 spiro atoms. The Morgan fingerprint density at radius 2 is 1.36 bits per heavy atom. The summed E-state index contributed by atoms with van der Waals surface area (Å²) in [4.78, 5) is 41.2. The molecule has 1 aliphatic heterocycles. The summed E-state index contributed by atoms with van der Waals surface area (Å²) < 4.78 is 0. The normalized spacial score (nSPS) is 15.2. The van der Waals surface area contributed by atoms with Gasteiger partial charge in [-0.3, -0.25) is 14.4 Å². The van der Waals surface area contributed by atoms with Gasteiger partial charge in [-0.25, -0.2) is 0 Å². The highest BCUT2D eigenvalue weighted by atomic mass is 16.2. The molecule has 5 rings (SSSR count). The van der Waals surface area contributed by atoms with Crippen LogP contribution in [0.2, 0.25) is 0 Å². The molecule has 0 aliphatic carbocycles. The van der Waals surface area contributed by atoms with Crippen LogP contribution >= 0.6 is 0 Å². The van der Waals surface area contributed by atoms with Crippen molar-refractivity contribution in [1.82, 2.24) is 20.9 Å². The number of carbonyl (C=O) groups excluding carboxylic acids is 3. The van der Waals surface area contributed by atoms with E-state index in [4.69, 9.17) is 0 Å². The van der Waals surface area contributed by atoms with Gasteiger partial charge in [-0.05, 0) is 65.0 Å². The van der Waals surface area contributed by atoms with Gasteiger partial charge in [0.25, 0.3) is 0 Å². The van der Waals surface area contributed by atoms with Gasteiger partial charge in [0.15, 0.2) is 0 Å². The average Bonchev–Trinajstić information content (AvgIpc) is 3.02. The lowest BCUT2D eigenvalue weighted by Crippen LogP contribution is -2.55. The number of nitrogens with one attached hydrogen (secondary N) is 3. The average molecular weight is 565 g/mol. The lowest BCUT2D eigenvalue weighted by atomic mass is 9.95. The predicted molar refractivity (Wildman–Crippen MR) is 168 cm³/mol. The maximum absolute atomic E-state index is 14.2. The summed E-state index contributed by atoms with van der Waals surface area (Å²) in [5.41, 5.74) is 2.06. The standard InChI is InChI=1S/C35H40N4O3/c1-24(40)37-23-32(21-25-11-13-27-7-3-5-9-30(27)19-25)39(2)35(42)33(38-34(41)29-15-17-36-18-16-29)22-26-12-14-28-8-4-6-10-31(28)20-26/h3-14,19-20,29,32-33,36H,15-18,21-23H2,1-2H3,(H,37,40)(H,38,41). The molecule has 3 amide bonds. The Labute approximate surface area is 247 Å². The summed E-state index contributed by atoms with van der Waals surface area (Å²) >= 11 is 0. The lowest BCUT2D eigenvalue weighted by Gasteiger charge is -2.33. The first-order valence-electron chi connectivity index (χ1n) is 14.8. The minimum atomic E-state index is -0.727. The fourth-order valence-corrected chi connectivity index (χ4v) is 5.85. The Balaban J connectivity index is 1.40. The Morgan fingerprint density at radius 1 is 0.810 bits per heavy atom. The number of carbonyl (C=O) groups is 3. The van der Waals surface area contributed by atoms with Gasteiger partial charge in [-0.2, -0.15) is 0 Å². The van der Waals surface area contributed by atoms with Gasteiger partial charge >= 0.3 is 0 Å². The van der Waals surface area contributed by atoms with Crippen LogP contribution in [0.4, 0.5) is 0 Å². The molecule has 2 unspecified atom stereocenters. The molecule has 218 valence electrons. The van der Waals surface area contributed by atoms with E-state index < -0.39 is 6.04 Å². The van der Waals surface area contributed by atoms with Crippen molar-refractivity contribution in [2.24, 2.45) is 5.92 Å². The SMILES string of the molecule is CC(=O)NCC(Cc1ccc2ccccc2c1)N(C)C(=O)C(Cc1ccc2ccccc2c1)NC(=O)C1CCNCC1. The van der Waals surface area contributed by atoms with Crippen molar-refractivity contribution in [3.63, 3.8) is 0 Å². The molecular formula is C35H40N4O3. The highest BCUT2D eigenvalue weighted by molar-refractivity contribution is 5.89. The van der Waals surface area contributed by atoms with Crippen molar-refractivity contribution in [2.75, 3.05) is 26.7 Å². The first-order chi connectivity index (χ1) is 20.4. The van der Waals surface area contributed by atoms with Gasteiger partial charge in [-0.1, -0.05) is 84.9 Å². The quantitative estimate of drug-likeness (QED) is 0.269. The molecule has 4 aromatic rings. The van der Waals surface area contributed by atoms with Gasteiger partial charge in [0.2, 0.25) is 17.7 Å². The van der Waals surface area contributed by atoms with E-state index in [-0.39, 0.29) is 29.7 Å². The highest BCUT2D eigenvalue weighted by Crippen LogP contribution is 2.21. The summed E-state index contributed by atoms with van der Waals surface area (Å²) in [7, 11) is 1.78. The second-order valence-electron chi connectivity index (χ2n) is 11.4. The van der Waals surface area contributed by atoms with Crippen molar-refractivity contribution in [1.29, 1.82) is 0 Å². The van der Waals surface area contributed by atoms with E-state index >= 15 is 0 Å². The molecule has 0 saturated carbocycles. The first kappa shape index (κ1) is 29.3. The van der Waals surface area contributed by atoms with Crippen molar-refractivity contribution >= 4 is 39.3 Å². The van der Waals surface area contributed by atoms with Gasteiger partial charge in [0.1, 0.15) is 6.04 Å². The molecule has 3 N–H and O–H groups in total. The third-order valence-corrected chi connectivity index (χ3v) is 8.35. The Kier molecular flexibility index (Phi) is 9.49. The van der Waals surface area contributed by atoms with Crippen LogP contribution < -0.4 is 16.0 Å². The number of benzene rings is 4. The van der Waals surface area contributed by atoms with Crippen LogP contribution in [-0.4, -0.2) is 61.4 Å². The summed E-state index contributed by atoms with van der Waals surface area (Å²) in [6.07, 6.45) is 2.46. The summed E-state index contributed by atoms with van der Waals surface area (Å²) in [6, 6.07) is 27.8. The van der Waals surface area contributed by atoms with Crippen molar-refractivity contribution in [3.8, 4) is 0 Å². The molecule has 1 fully saturated rings. The van der Waals surface area contributed by atoms with Crippen LogP contribution in [0.25, 0.3) is 21.5 Å². The van der Waals surface area contributed by atoms with Crippen molar-refractivity contribution in [2.45, 2.75) is 44.7 Å². The Morgan fingerprint density at radius 3 is 1.93 bits per heavy atom. The fourth-order valence-electron chi connectivity index (χ4n) is 5.85. The second kappa shape index (κ2) is 13.6. The predicted octanol–water partition coefficient (Wildman–Crippen LogP) is 4.23. The highest BCUT2D eigenvalue weighted by Gasteiger charge is 2.31. The van der Waals surface area contributed by atoms with Crippen LogP contribution in [0.15, 0.2) is 84.9 Å². The molecule has 1 saturated heterocycles. The maximum atomic E-state index is 14.2. The fraction of sp³-hybridized carbons (Fsp3) is 0.343. The zero-order valence-corrected chi connectivity index (χ0v) is 24.4.